The molecule has 3 rings (SSSR count). The second kappa shape index (κ2) is 11.1. The molecule has 0 atom stereocenters. The van der Waals surface area contributed by atoms with Crippen molar-refractivity contribution in [1.29, 1.82) is 0 Å². The van der Waals surface area contributed by atoms with E-state index < -0.39 is 0 Å². The van der Waals surface area contributed by atoms with Crippen molar-refractivity contribution in [1.82, 2.24) is 4.90 Å². The highest BCUT2D eigenvalue weighted by Gasteiger charge is 2.24. The maximum Gasteiger partial charge on any atom is 0.254 e. The summed E-state index contributed by atoms with van der Waals surface area (Å²) >= 11 is 18.8. The van der Waals surface area contributed by atoms with Crippen LogP contribution in [0.5, 0.6) is 5.75 Å². The molecule has 0 radical (unpaired) electrons. The Balaban J connectivity index is 1.59. The maximum atomic E-state index is 13.0. The molecule has 0 bridgehead atoms. The average molecular weight is 470 g/mol. The normalized spacial score (nSPS) is 14.1. The van der Waals surface area contributed by atoms with E-state index in [-0.39, 0.29) is 5.91 Å². The van der Waals surface area contributed by atoms with Crippen LogP contribution in [0.4, 0.5) is 5.69 Å². The van der Waals surface area contributed by atoms with Crippen LogP contribution in [0, 0.1) is 0 Å². The molecule has 1 fully saturated rings. The number of anilines is 1. The minimum absolute atomic E-state index is 0.0703. The van der Waals surface area contributed by atoms with Crippen LogP contribution < -0.4 is 9.64 Å². The van der Waals surface area contributed by atoms with Gasteiger partial charge in [-0.15, -0.1) is 0 Å². The highest BCUT2D eigenvalue weighted by atomic mass is 35.5. The fourth-order valence-corrected chi connectivity index (χ4v) is 4.33. The molecule has 1 saturated heterocycles. The fourth-order valence-electron chi connectivity index (χ4n) is 3.55. The number of carbonyl (C=O) groups excluding carboxylic acids is 1. The molecule has 0 saturated carbocycles. The Hall–Kier alpha value is -1.62. The summed E-state index contributed by atoms with van der Waals surface area (Å²) in [5.41, 5.74) is 1.56. The van der Waals surface area contributed by atoms with Gasteiger partial charge >= 0.3 is 0 Å². The summed E-state index contributed by atoms with van der Waals surface area (Å²) < 4.78 is 5.76. The zero-order chi connectivity index (χ0) is 21.5. The van der Waals surface area contributed by atoms with E-state index in [2.05, 4.69) is 11.8 Å². The molecular weight excluding hydrogens is 443 g/mol. The fraction of sp³-hybridized carbons (Fsp3) is 0.435. The number of ether oxygens (including phenoxy) is 1. The van der Waals surface area contributed by atoms with Crippen LogP contribution in [0.2, 0.25) is 15.1 Å². The van der Waals surface area contributed by atoms with Gasteiger partial charge in [-0.2, -0.15) is 0 Å². The van der Waals surface area contributed by atoms with Gasteiger partial charge in [0.15, 0.2) is 5.75 Å². The summed E-state index contributed by atoms with van der Waals surface area (Å²) in [4.78, 5) is 17.0. The van der Waals surface area contributed by atoms with Gasteiger partial charge in [0, 0.05) is 42.5 Å². The molecule has 0 N–H and O–H groups in total. The highest BCUT2D eigenvalue weighted by Crippen LogP contribution is 2.35. The van der Waals surface area contributed by atoms with Gasteiger partial charge in [-0.3, -0.25) is 4.79 Å². The molecule has 1 heterocycles. The Morgan fingerprint density at radius 3 is 2.30 bits per heavy atom. The molecule has 0 aromatic heterocycles. The van der Waals surface area contributed by atoms with Gasteiger partial charge in [-0.05, 0) is 36.8 Å². The Labute approximate surface area is 193 Å². The Morgan fingerprint density at radius 1 is 0.967 bits per heavy atom. The third kappa shape index (κ3) is 5.96. The second-order valence-corrected chi connectivity index (χ2v) is 8.69. The molecule has 1 aliphatic rings. The van der Waals surface area contributed by atoms with Gasteiger partial charge in [0.1, 0.15) is 0 Å². The van der Waals surface area contributed by atoms with Gasteiger partial charge < -0.3 is 14.5 Å². The van der Waals surface area contributed by atoms with E-state index in [0.29, 0.717) is 46.1 Å². The summed E-state index contributed by atoms with van der Waals surface area (Å²) in [7, 11) is 0. The number of rotatable bonds is 8. The van der Waals surface area contributed by atoms with Crippen LogP contribution in [0.1, 0.15) is 43.0 Å². The van der Waals surface area contributed by atoms with Crippen LogP contribution in [-0.2, 0) is 0 Å². The summed E-state index contributed by atoms with van der Waals surface area (Å²) in [5, 5.41) is 1.46. The van der Waals surface area contributed by atoms with Crippen LogP contribution in [0.15, 0.2) is 36.4 Å². The molecule has 0 unspecified atom stereocenters. The molecule has 0 spiro atoms. The van der Waals surface area contributed by atoms with Gasteiger partial charge in [0.05, 0.1) is 16.7 Å². The zero-order valence-electron chi connectivity index (χ0n) is 17.2. The number of benzene rings is 2. The van der Waals surface area contributed by atoms with Crippen LogP contribution >= 0.6 is 34.8 Å². The number of nitrogens with zero attached hydrogens (tertiary/aromatic N) is 2. The predicted molar refractivity (Wildman–Crippen MR) is 126 cm³/mol. The first-order chi connectivity index (χ1) is 14.5. The van der Waals surface area contributed by atoms with Gasteiger partial charge in [0.2, 0.25) is 0 Å². The largest absolute Gasteiger partial charge is 0.490 e. The van der Waals surface area contributed by atoms with Crippen molar-refractivity contribution in [2.24, 2.45) is 0 Å². The molecule has 1 aliphatic heterocycles. The standard InChI is InChI=1S/C23H27Cl3N2O2/c1-2-3-4-5-13-30-22-20(25)14-17(15-21(22)26)23(29)28-11-9-27(10-12-28)19-8-6-7-18(24)16-19/h6-8,14-16H,2-5,9-13H2,1H3. The number of hydrogen-bond acceptors (Lipinski definition) is 3. The lowest BCUT2D eigenvalue weighted by Gasteiger charge is -2.36. The molecule has 1 amide bonds. The van der Waals surface area contributed by atoms with Crippen molar-refractivity contribution in [2.45, 2.75) is 32.6 Å². The lowest BCUT2D eigenvalue weighted by molar-refractivity contribution is 0.0746. The van der Waals surface area contributed by atoms with E-state index in [9.17, 15) is 4.79 Å². The monoisotopic (exact) mass is 468 g/mol. The summed E-state index contributed by atoms with van der Waals surface area (Å²) in [5.74, 6) is 0.385. The first kappa shape index (κ1) is 23.1. The molecule has 7 heteroatoms. The second-order valence-electron chi connectivity index (χ2n) is 7.44. The number of amides is 1. The molecule has 2 aromatic carbocycles. The maximum absolute atomic E-state index is 13.0. The van der Waals surface area contributed by atoms with Crippen molar-refractivity contribution < 1.29 is 9.53 Å². The van der Waals surface area contributed by atoms with E-state index in [1.54, 1.807) is 12.1 Å². The van der Waals surface area contributed by atoms with Crippen molar-refractivity contribution in [3.05, 3.63) is 57.0 Å². The van der Waals surface area contributed by atoms with Gasteiger partial charge in [-0.1, -0.05) is 67.1 Å². The van der Waals surface area contributed by atoms with Gasteiger partial charge in [0.25, 0.3) is 5.91 Å². The Bertz CT molecular complexity index is 844. The molecule has 4 nitrogen and oxygen atoms in total. The van der Waals surface area contributed by atoms with Crippen LogP contribution in [-0.4, -0.2) is 43.6 Å². The van der Waals surface area contributed by atoms with Crippen molar-refractivity contribution >= 4 is 46.4 Å². The molecule has 30 heavy (non-hydrogen) atoms. The number of piperazine rings is 1. The number of unbranched alkanes of at least 4 members (excludes halogenated alkanes) is 3. The lowest BCUT2D eigenvalue weighted by atomic mass is 10.1. The molecule has 2 aromatic rings. The molecule has 0 aliphatic carbocycles. The highest BCUT2D eigenvalue weighted by molar-refractivity contribution is 6.37. The first-order valence-electron chi connectivity index (χ1n) is 10.4. The number of halogens is 3. The third-order valence-corrected chi connectivity index (χ3v) is 6.03. The molecular formula is C23H27Cl3N2O2. The van der Waals surface area contributed by atoms with Crippen molar-refractivity contribution in [3.63, 3.8) is 0 Å². The van der Waals surface area contributed by atoms with E-state index in [4.69, 9.17) is 39.5 Å². The van der Waals surface area contributed by atoms with E-state index in [0.717, 1.165) is 31.6 Å². The summed E-state index contributed by atoms with van der Waals surface area (Å²) in [6.45, 7) is 5.46. The summed E-state index contributed by atoms with van der Waals surface area (Å²) in [6, 6.07) is 11.1. The smallest absolute Gasteiger partial charge is 0.254 e. The Kier molecular flexibility index (Phi) is 8.55. The topological polar surface area (TPSA) is 32.8 Å². The SMILES string of the molecule is CCCCCCOc1c(Cl)cc(C(=O)N2CCN(c3cccc(Cl)c3)CC2)cc1Cl. The van der Waals surface area contributed by atoms with E-state index in [1.807, 2.05) is 29.2 Å². The average Bonchev–Trinajstić information content (AvgIpc) is 2.74. The quantitative estimate of drug-likeness (QED) is 0.410. The predicted octanol–water partition coefficient (Wildman–Crippen LogP) is 6.57. The van der Waals surface area contributed by atoms with Crippen LogP contribution in [0.25, 0.3) is 0 Å². The Morgan fingerprint density at radius 2 is 1.67 bits per heavy atom. The van der Waals surface area contributed by atoms with Crippen molar-refractivity contribution in [2.75, 3.05) is 37.7 Å². The minimum atomic E-state index is -0.0703. The lowest BCUT2D eigenvalue weighted by Crippen LogP contribution is -2.48. The minimum Gasteiger partial charge on any atom is -0.490 e. The number of carbonyl (C=O) groups is 1. The van der Waals surface area contributed by atoms with Gasteiger partial charge in [-0.25, -0.2) is 0 Å². The first-order valence-corrected chi connectivity index (χ1v) is 11.5. The number of hydrogen-bond donors (Lipinski definition) is 0. The zero-order valence-corrected chi connectivity index (χ0v) is 19.4. The van der Waals surface area contributed by atoms with Crippen LogP contribution in [0.3, 0.4) is 0 Å². The van der Waals surface area contributed by atoms with E-state index >= 15 is 0 Å². The van der Waals surface area contributed by atoms with Crippen molar-refractivity contribution in [3.8, 4) is 5.75 Å². The molecule has 162 valence electrons. The summed E-state index contributed by atoms with van der Waals surface area (Å²) in [6.07, 6.45) is 4.43. The third-order valence-electron chi connectivity index (χ3n) is 5.23. The van der Waals surface area contributed by atoms with E-state index in [1.165, 1.54) is 12.8 Å².